The molecule has 3 saturated carbocycles. The maximum Gasteiger partial charge on any atom is 0.319 e. The summed E-state index contributed by atoms with van der Waals surface area (Å²) in [5.41, 5.74) is 3.34. The first-order valence-corrected chi connectivity index (χ1v) is 14.7. The topological polar surface area (TPSA) is 83.8 Å². The fraction of sp³-hybridized carbons (Fsp3) is 0.697. The average Bonchev–Trinajstić information content (AvgIpc) is 3.24. The number of carbonyl (C=O) groups is 2. The minimum Gasteiger partial charge on any atom is -0.465 e. The largest absolute Gasteiger partial charge is 0.465 e. The predicted octanol–water partition coefficient (Wildman–Crippen LogP) is 6.79. The lowest BCUT2D eigenvalue weighted by Gasteiger charge is -2.43. The Kier molecular flexibility index (Phi) is 10.4. The van der Waals surface area contributed by atoms with Gasteiger partial charge in [0.1, 0.15) is 5.41 Å². The molecule has 3 fully saturated rings. The lowest BCUT2D eigenvalue weighted by atomic mass is 9.62. The van der Waals surface area contributed by atoms with Crippen LogP contribution < -0.4 is 0 Å². The van der Waals surface area contributed by atoms with Crippen LogP contribution in [0.2, 0.25) is 0 Å². The van der Waals surface area contributed by atoms with Gasteiger partial charge in [0, 0.05) is 6.42 Å². The highest BCUT2D eigenvalue weighted by Gasteiger charge is 2.49. The van der Waals surface area contributed by atoms with E-state index in [-0.39, 0.29) is 17.6 Å². The molecule has 0 amide bonds. The maximum atomic E-state index is 13.0. The van der Waals surface area contributed by atoms with Crippen LogP contribution in [0.5, 0.6) is 0 Å². The lowest BCUT2D eigenvalue weighted by molar-refractivity contribution is -0.158. The van der Waals surface area contributed by atoms with E-state index in [0.29, 0.717) is 36.9 Å². The number of esters is 1. The summed E-state index contributed by atoms with van der Waals surface area (Å²) < 4.78 is 5.40. The number of aliphatic hydroxyl groups is 2. The van der Waals surface area contributed by atoms with Crippen LogP contribution in [0.25, 0.3) is 0 Å². The molecule has 212 valence electrons. The van der Waals surface area contributed by atoms with Crippen molar-refractivity contribution in [1.29, 1.82) is 0 Å². The SMILES string of the molecule is C=C1[C@H](O)CC(=CC=C2CCC[C@]3(C)[C@@H](C(C)=CCC(=O)C(C)(C)C(=O)OCCCCC)CC[C@@H]23)C[C@H]1O. The molecule has 0 aliphatic heterocycles. The minimum absolute atomic E-state index is 0.0903. The van der Waals surface area contributed by atoms with Crippen molar-refractivity contribution in [3.8, 4) is 0 Å². The quantitative estimate of drug-likeness (QED) is 0.142. The summed E-state index contributed by atoms with van der Waals surface area (Å²) in [5, 5.41) is 20.4. The van der Waals surface area contributed by atoms with E-state index in [9.17, 15) is 19.8 Å². The van der Waals surface area contributed by atoms with Crippen LogP contribution in [0.1, 0.15) is 105 Å². The van der Waals surface area contributed by atoms with Crippen LogP contribution in [0, 0.1) is 22.7 Å². The van der Waals surface area contributed by atoms with Crippen LogP contribution in [-0.2, 0) is 14.3 Å². The molecular weight excluding hydrogens is 476 g/mol. The number of unbranched alkanes of at least 4 members (excludes halogenated alkanes) is 2. The van der Waals surface area contributed by atoms with Crippen molar-refractivity contribution in [2.45, 2.75) is 117 Å². The average molecular weight is 527 g/mol. The van der Waals surface area contributed by atoms with Gasteiger partial charge in [0.25, 0.3) is 0 Å². The third kappa shape index (κ3) is 6.77. The lowest BCUT2D eigenvalue weighted by Crippen LogP contribution is -2.35. The maximum absolute atomic E-state index is 13.0. The summed E-state index contributed by atoms with van der Waals surface area (Å²) in [6.07, 6.45) is 15.0. The first-order valence-electron chi connectivity index (χ1n) is 14.7. The Bertz CT molecular complexity index is 967. The molecule has 0 saturated heterocycles. The number of allylic oxidation sites excluding steroid dienone is 5. The van der Waals surface area contributed by atoms with Crippen molar-refractivity contribution in [2.24, 2.45) is 22.7 Å². The van der Waals surface area contributed by atoms with E-state index < -0.39 is 23.6 Å². The Morgan fingerprint density at radius 1 is 1.13 bits per heavy atom. The van der Waals surface area contributed by atoms with Crippen molar-refractivity contribution in [2.75, 3.05) is 6.61 Å². The van der Waals surface area contributed by atoms with E-state index in [1.54, 1.807) is 13.8 Å². The Labute approximate surface area is 230 Å². The van der Waals surface area contributed by atoms with Crippen molar-refractivity contribution in [3.05, 3.63) is 47.1 Å². The molecule has 0 aromatic rings. The number of carbonyl (C=O) groups excluding carboxylic acids is 2. The highest BCUT2D eigenvalue weighted by molar-refractivity contribution is 6.03. The van der Waals surface area contributed by atoms with Gasteiger partial charge in [0.2, 0.25) is 0 Å². The van der Waals surface area contributed by atoms with Gasteiger partial charge in [-0.2, -0.15) is 0 Å². The van der Waals surface area contributed by atoms with Crippen LogP contribution in [0.3, 0.4) is 0 Å². The monoisotopic (exact) mass is 526 g/mol. The normalized spacial score (nSPS) is 31.3. The summed E-state index contributed by atoms with van der Waals surface area (Å²) in [6.45, 7) is 14.2. The van der Waals surface area contributed by atoms with Gasteiger partial charge in [-0.3, -0.25) is 9.59 Å². The van der Waals surface area contributed by atoms with Gasteiger partial charge in [-0.1, -0.05) is 68.2 Å². The minimum atomic E-state index is -1.13. The number of hydrogen-bond acceptors (Lipinski definition) is 5. The Morgan fingerprint density at radius 2 is 1.82 bits per heavy atom. The number of hydrogen-bond donors (Lipinski definition) is 2. The fourth-order valence-corrected chi connectivity index (χ4v) is 6.88. The summed E-state index contributed by atoms with van der Waals surface area (Å²) in [5.74, 6) is 0.408. The third-order valence-electron chi connectivity index (χ3n) is 9.61. The first kappa shape index (κ1) is 30.6. The van der Waals surface area contributed by atoms with Crippen LogP contribution in [0.4, 0.5) is 0 Å². The molecule has 5 nitrogen and oxygen atoms in total. The number of aliphatic hydroxyl groups excluding tert-OH is 2. The molecule has 38 heavy (non-hydrogen) atoms. The fourth-order valence-electron chi connectivity index (χ4n) is 6.88. The van der Waals surface area contributed by atoms with Crippen molar-refractivity contribution < 1.29 is 24.5 Å². The zero-order valence-electron chi connectivity index (χ0n) is 24.4. The van der Waals surface area contributed by atoms with E-state index in [2.05, 4.69) is 45.6 Å². The van der Waals surface area contributed by atoms with Gasteiger partial charge in [-0.05, 0) is 95.0 Å². The van der Waals surface area contributed by atoms with Crippen molar-refractivity contribution >= 4 is 11.8 Å². The molecular formula is C33H50O5. The van der Waals surface area contributed by atoms with Gasteiger partial charge in [-0.25, -0.2) is 0 Å². The van der Waals surface area contributed by atoms with E-state index >= 15 is 0 Å². The molecule has 5 heteroatoms. The molecule has 3 aliphatic rings. The zero-order valence-corrected chi connectivity index (χ0v) is 24.4. The molecule has 3 aliphatic carbocycles. The van der Waals surface area contributed by atoms with E-state index in [0.717, 1.165) is 50.5 Å². The predicted molar refractivity (Wildman–Crippen MR) is 152 cm³/mol. The van der Waals surface area contributed by atoms with Crippen molar-refractivity contribution in [1.82, 2.24) is 0 Å². The van der Waals surface area contributed by atoms with Crippen LogP contribution >= 0.6 is 0 Å². The van der Waals surface area contributed by atoms with Crippen LogP contribution in [0.15, 0.2) is 47.1 Å². The molecule has 0 bridgehead atoms. The standard InChI is InChI=1S/C33H50O5/c1-7-8-9-19-38-31(37)32(4,5)30(36)17-12-22(2)26-15-16-27-25(11-10-18-33(26,27)6)14-13-24-20-28(34)23(3)29(35)21-24/h12-14,26-29,34-35H,3,7-11,15-21H2,1-2,4-6H3/t26-,27+,28-,29-,33-/m1/s1. The summed E-state index contributed by atoms with van der Waals surface area (Å²) >= 11 is 0. The molecule has 0 radical (unpaired) electrons. The second kappa shape index (κ2) is 12.9. The van der Waals surface area contributed by atoms with Crippen LogP contribution in [-0.4, -0.2) is 40.8 Å². The molecule has 3 rings (SSSR count). The Morgan fingerprint density at radius 3 is 2.47 bits per heavy atom. The summed E-state index contributed by atoms with van der Waals surface area (Å²) in [4.78, 5) is 25.6. The molecule has 0 unspecified atom stereocenters. The van der Waals surface area contributed by atoms with Gasteiger partial charge >= 0.3 is 5.97 Å². The summed E-state index contributed by atoms with van der Waals surface area (Å²) in [6, 6.07) is 0. The van der Waals surface area contributed by atoms with E-state index in [4.69, 9.17) is 4.74 Å². The smallest absolute Gasteiger partial charge is 0.319 e. The molecule has 5 atom stereocenters. The molecule has 2 N–H and O–H groups in total. The first-order chi connectivity index (χ1) is 17.9. The number of fused-ring (bicyclic) bond motifs is 1. The molecule has 0 aromatic carbocycles. The Hall–Kier alpha value is -1.98. The molecule has 0 heterocycles. The van der Waals surface area contributed by atoms with E-state index in [1.807, 2.05) is 0 Å². The highest BCUT2D eigenvalue weighted by Crippen LogP contribution is 2.59. The number of rotatable bonds is 10. The number of ketones is 1. The zero-order chi connectivity index (χ0) is 28.1. The molecule has 0 aromatic heterocycles. The van der Waals surface area contributed by atoms with Gasteiger partial charge < -0.3 is 14.9 Å². The Balaban J connectivity index is 1.66. The van der Waals surface area contributed by atoms with Gasteiger partial charge in [0.05, 0.1) is 18.8 Å². The van der Waals surface area contributed by atoms with Gasteiger partial charge in [-0.15, -0.1) is 0 Å². The van der Waals surface area contributed by atoms with Gasteiger partial charge in [0.15, 0.2) is 5.78 Å². The number of Topliss-reactive ketones (excluding diaryl/α,β-unsaturated/α-hetero) is 1. The number of ether oxygens (including phenoxy) is 1. The summed E-state index contributed by atoms with van der Waals surface area (Å²) in [7, 11) is 0. The highest BCUT2D eigenvalue weighted by atomic mass is 16.5. The second-order valence-electron chi connectivity index (χ2n) is 12.7. The third-order valence-corrected chi connectivity index (χ3v) is 9.61. The second-order valence-corrected chi connectivity index (χ2v) is 12.7. The van der Waals surface area contributed by atoms with Crippen molar-refractivity contribution in [3.63, 3.8) is 0 Å². The molecule has 0 spiro atoms. The van der Waals surface area contributed by atoms with E-state index in [1.165, 1.54) is 17.6 Å².